The molecular weight excluding hydrogens is 387 g/mol. The molecule has 0 radical (unpaired) electrons. The predicted molar refractivity (Wildman–Crippen MR) is 100 cm³/mol. The molecule has 6 nitrogen and oxygen atoms in total. The van der Waals surface area contributed by atoms with Crippen molar-refractivity contribution in [3.8, 4) is 0 Å². The summed E-state index contributed by atoms with van der Waals surface area (Å²) in [5, 5.41) is 11.7. The second-order valence-electron chi connectivity index (χ2n) is 7.26. The molecule has 0 saturated heterocycles. The van der Waals surface area contributed by atoms with Gasteiger partial charge in [-0.1, -0.05) is 31.7 Å². The van der Waals surface area contributed by atoms with Crippen LogP contribution < -0.4 is 10.9 Å². The standard InChI is InChI=1S/C20H22F3N3O3/c21-20(22,23)15-6-8-18(28)26(11-15)16(9-13-3-1-2-4-13)19(29)25-17-7-5-14(12-27)10-24-17/h5-8,10-11,13,16,27H,1-4,9,12H2,(H,24,25,29)/t16-/m0/s1. The Bertz CT molecular complexity index is 904. The molecule has 29 heavy (non-hydrogen) atoms. The van der Waals surface area contributed by atoms with Crippen LogP contribution in [0.5, 0.6) is 0 Å². The lowest BCUT2D eigenvalue weighted by molar-refractivity contribution is -0.138. The first-order valence-electron chi connectivity index (χ1n) is 9.44. The Labute approximate surface area is 165 Å². The molecule has 1 aliphatic carbocycles. The van der Waals surface area contributed by atoms with E-state index in [0.717, 1.165) is 42.4 Å². The van der Waals surface area contributed by atoms with Crippen molar-refractivity contribution < 1.29 is 23.1 Å². The lowest BCUT2D eigenvalue weighted by atomic mass is 9.97. The summed E-state index contributed by atoms with van der Waals surface area (Å²) in [5.74, 6) is -0.233. The fourth-order valence-electron chi connectivity index (χ4n) is 3.63. The fourth-order valence-corrected chi connectivity index (χ4v) is 3.63. The molecule has 1 saturated carbocycles. The smallest absolute Gasteiger partial charge is 0.392 e. The van der Waals surface area contributed by atoms with Gasteiger partial charge in [0.25, 0.3) is 5.56 Å². The zero-order valence-corrected chi connectivity index (χ0v) is 15.7. The third kappa shape index (κ3) is 5.23. The first-order chi connectivity index (χ1) is 13.8. The molecule has 2 aromatic heterocycles. The first kappa shape index (κ1) is 21.0. The van der Waals surface area contributed by atoms with Crippen molar-refractivity contribution in [2.75, 3.05) is 5.32 Å². The average molecular weight is 409 g/mol. The molecule has 0 unspecified atom stereocenters. The van der Waals surface area contributed by atoms with Gasteiger partial charge in [-0.05, 0) is 30.0 Å². The molecule has 2 N–H and O–H groups in total. The van der Waals surface area contributed by atoms with Gasteiger partial charge in [0.1, 0.15) is 11.9 Å². The maximum Gasteiger partial charge on any atom is 0.417 e. The molecule has 2 heterocycles. The maximum atomic E-state index is 13.1. The second kappa shape index (κ2) is 8.77. The van der Waals surface area contributed by atoms with E-state index >= 15 is 0 Å². The van der Waals surface area contributed by atoms with Crippen molar-refractivity contribution in [2.24, 2.45) is 5.92 Å². The molecule has 9 heteroatoms. The van der Waals surface area contributed by atoms with Gasteiger partial charge < -0.3 is 15.0 Å². The highest BCUT2D eigenvalue weighted by Gasteiger charge is 2.33. The van der Waals surface area contributed by atoms with Gasteiger partial charge >= 0.3 is 6.18 Å². The third-order valence-corrected chi connectivity index (χ3v) is 5.19. The van der Waals surface area contributed by atoms with E-state index in [1.54, 1.807) is 6.07 Å². The van der Waals surface area contributed by atoms with Crippen LogP contribution in [0.25, 0.3) is 0 Å². The maximum absolute atomic E-state index is 13.1. The molecular formula is C20H22F3N3O3. The summed E-state index contributed by atoms with van der Waals surface area (Å²) < 4.78 is 40.3. The second-order valence-corrected chi connectivity index (χ2v) is 7.26. The number of pyridine rings is 2. The minimum absolute atomic E-state index is 0.164. The van der Waals surface area contributed by atoms with Crippen LogP contribution in [0.15, 0.2) is 41.5 Å². The number of aliphatic hydroxyl groups is 1. The Morgan fingerprint density at radius 3 is 2.55 bits per heavy atom. The molecule has 1 atom stereocenters. The number of hydrogen-bond donors (Lipinski definition) is 2. The Hall–Kier alpha value is -2.68. The van der Waals surface area contributed by atoms with E-state index in [2.05, 4.69) is 10.3 Å². The van der Waals surface area contributed by atoms with E-state index in [4.69, 9.17) is 5.11 Å². The molecule has 2 aromatic rings. The number of aliphatic hydroxyl groups excluding tert-OH is 1. The van der Waals surface area contributed by atoms with E-state index in [9.17, 15) is 22.8 Å². The zero-order chi connectivity index (χ0) is 21.0. The van der Waals surface area contributed by atoms with Gasteiger partial charge in [0, 0.05) is 18.5 Å². The van der Waals surface area contributed by atoms with Crippen LogP contribution in [0, 0.1) is 5.92 Å². The Morgan fingerprint density at radius 1 is 1.24 bits per heavy atom. The van der Waals surface area contributed by atoms with Crippen LogP contribution in [0.2, 0.25) is 0 Å². The van der Waals surface area contributed by atoms with Crippen molar-refractivity contribution in [2.45, 2.75) is 50.9 Å². The van der Waals surface area contributed by atoms with Crippen LogP contribution in [0.3, 0.4) is 0 Å². The zero-order valence-electron chi connectivity index (χ0n) is 15.7. The molecule has 0 bridgehead atoms. The quantitative estimate of drug-likeness (QED) is 0.765. The molecule has 0 spiro atoms. The first-order valence-corrected chi connectivity index (χ1v) is 9.44. The number of anilines is 1. The topological polar surface area (TPSA) is 84.2 Å². The van der Waals surface area contributed by atoms with Gasteiger partial charge in [-0.2, -0.15) is 13.2 Å². The number of amides is 1. The Kier molecular flexibility index (Phi) is 6.36. The number of carbonyl (C=O) groups is 1. The molecule has 1 aliphatic rings. The lowest BCUT2D eigenvalue weighted by Gasteiger charge is -2.23. The summed E-state index contributed by atoms with van der Waals surface area (Å²) in [5.41, 5.74) is -1.09. The van der Waals surface area contributed by atoms with E-state index in [-0.39, 0.29) is 24.8 Å². The van der Waals surface area contributed by atoms with Crippen LogP contribution in [0.1, 0.15) is 49.3 Å². The minimum Gasteiger partial charge on any atom is -0.392 e. The summed E-state index contributed by atoms with van der Waals surface area (Å²) in [7, 11) is 0. The number of carbonyl (C=O) groups excluding carboxylic acids is 1. The highest BCUT2D eigenvalue weighted by Crippen LogP contribution is 2.33. The molecule has 0 aliphatic heterocycles. The summed E-state index contributed by atoms with van der Waals surface area (Å²) in [6.07, 6.45) is 1.51. The number of hydrogen-bond acceptors (Lipinski definition) is 4. The van der Waals surface area contributed by atoms with E-state index in [0.29, 0.717) is 11.8 Å². The van der Waals surface area contributed by atoms with Crippen LogP contribution in [-0.2, 0) is 17.6 Å². The largest absolute Gasteiger partial charge is 0.417 e. The van der Waals surface area contributed by atoms with Gasteiger partial charge in [-0.15, -0.1) is 0 Å². The van der Waals surface area contributed by atoms with Gasteiger partial charge in [-0.25, -0.2) is 4.98 Å². The molecule has 1 amide bonds. The highest BCUT2D eigenvalue weighted by atomic mass is 19.4. The third-order valence-electron chi connectivity index (χ3n) is 5.19. The van der Waals surface area contributed by atoms with Gasteiger partial charge in [0.05, 0.1) is 12.2 Å². The van der Waals surface area contributed by atoms with Crippen molar-refractivity contribution in [3.05, 3.63) is 58.1 Å². The number of alkyl halides is 3. The Morgan fingerprint density at radius 2 is 1.97 bits per heavy atom. The summed E-state index contributed by atoms with van der Waals surface area (Å²) in [6, 6.07) is 3.55. The van der Waals surface area contributed by atoms with Crippen molar-refractivity contribution >= 4 is 11.7 Å². The molecule has 3 rings (SSSR count). The number of nitrogens with one attached hydrogen (secondary N) is 1. The van der Waals surface area contributed by atoms with Crippen LogP contribution in [0.4, 0.5) is 19.0 Å². The highest BCUT2D eigenvalue weighted by molar-refractivity contribution is 5.92. The average Bonchev–Trinajstić information content (AvgIpc) is 3.19. The normalized spacial score (nSPS) is 16.0. The van der Waals surface area contributed by atoms with Crippen molar-refractivity contribution in [1.82, 2.24) is 9.55 Å². The van der Waals surface area contributed by atoms with Crippen LogP contribution >= 0.6 is 0 Å². The van der Waals surface area contributed by atoms with E-state index < -0.39 is 29.2 Å². The van der Waals surface area contributed by atoms with E-state index in [1.807, 2.05) is 0 Å². The number of nitrogens with zero attached hydrogens (tertiary/aromatic N) is 2. The van der Waals surface area contributed by atoms with Gasteiger partial charge in [0.15, 0.2) is 0 Å². The van der Waals surface area contributed by atoms with Gasteiger partial charge in [-0.3, -0.25) is 9.59 Å². The number of halogens is 3. The summed E-state index contributed by atoms with van der Waals surface area (Å²) in [6.45, 7) is -0.203. The lowest BCUT2D eigenvalue weighted by Crippen LogP contribution is -2.35. The predicted octanol–water partition coefficient (Wildman–Crippen LogP) is 3.51. The summed E-state index contributed by atoms with van der Waals surface area (Å²) >= 11 is 0. The molecule has 0 aromatic carbocycles. The number of aromatic nitrogens is 2. The Balaban J connectivity index is 1.91. The minimum atomic E-state index is -4.62. The van der Waals surface area contributed by atoms with Gasteiger partial charge in [0.2, 0.25) is 5.91 Å². The SMILES string of the molecule is O=C(Nc1ccc(CO)cn1)[C@H](CC1CCCC1)n1cc(C(F)(F)F)ccc1=O. The number of rotatable bonds is 6. The fraction of sp³-hybridized carbons (Fsp3) is 0.450. The summed E-state index contributed by atoms with van der Waals surface area (Å²) in [4.78, 5) is 29.3. The van der Waals surface area contributed by atoms with Crippen LogP contribution in [-0.4, -0.2) is 20.6 Å². The molecule has 1 fully saturated rings. The molecule has 156 valence electrons. The van der Waals surface area contributed by atoms with Crippen molar-refractivity contribution in [3.63, 3.8) is 0 Å². The monoisotopic (exact) mass is 409 g/mol. The van der Waals surface area contributed by atoms with E-state index in [1.165, 1.54) is 12.3 Å². The van der Waals surface area contributed by atoms with Crippen molar-refractivity contribution in [1.29, 1.82) is 0 Å².